The molecule has 2 saturated heterocycles. The van der Waals surface area contributed by atoms with Crippen LogP contribution in [0.25, 0.3) is 11.0 Å². The zero-order chi connectivity index (χ0) is 24.9. The molecule has 0 N–H and O–H groups in total. The first-order valence-corrected chi connectivity index (χ1v) is 10.8. The minimum Gasteiger partial charge on any atom is -0.763 e. The lowest BCUT2D eigenvalue weighted by Gasteiger charge is -2.61. The molecule has 0 spiro atoms. The molecule has 8 heteroatoms. The summed E-state index contributed by atoms with van der Waals surface area (Å²) in [5, 5.41) is 9.92. The summed E-state index contributed by atoms with van der Waals surface area (Å²) in [6.45, 7) is 12.2. The van der Waals surface area contributed by atoms with Crippen molar-refractivity contribution in [3.63, 3.8) is 0 Å². The molecule has 2 unspecified atom stereocenters. The number of hydrogen-bond donors (Lipinski definition) is 0. The molecule has 0 aromatic heterocycles. The number of carbonyl (C=O) groups excluding carboxylic acids is 2. The SMILES string of the molecule is COC(=O)C(C)(CC(=C=[N-])c1cccc(C23OCC(C)(C)C2(C(C)(C)C)OO3)c1)C(=O)OC. The molecule has 2 aliphatic heterocycles. The first-order valence-electron chi connectivity index (χ1n) is 10.8. The van der Waals surface area contributed by atoms with Crippen molar-refractivity contribution in [3.05, 3.63) is 40.8 Å². The van der Waals surface area contributed by atoms with Gasteiger partial charge in [0.2, 0.25) is 0 Å². The third-order valence-electron chi connectivity index (χ3n) is 6.92. The van der Waals surface area contributed by atoms with E-state index in [1.807, 2.05) is 6.07 Å². The van der Waals surface area contributed by atoms with E-state index < -0.39 is 28.7 Å². The summed E-state index contributed by atoms with van der Waals surface area (Å²) in [7, 11) is 2.38. The van der Waals surface area contributed by atoms with Gasteiger partial charge in [0.1, 0.15) is 0 Å². The highest BCUT2D eigenvalue weighted by Crippen LogP contribution is 2.69. The molecule has 1 aromatic rings. The molecule has 2 atom stereocenters. The molecule has 1 aromatic carbocycles. The van der Waals surface area contributed by atoms with Crippen LogP contribution in [0.15, 0.2) is 24.3 Å². The first-order chi connectivity index (χ1) is 15.3. The van der Waals surface area contributed by atoms with Gasteiger partial charge < -0.3 is 19.6 Å². The average molecular weight is 459 g/mol. The molecule has 3 rings (SSSR count). The van der Waals surface area contributed by atoms with E-state index in [4.69, 9.17) is 24.0 Å². The Balaban J connectivity index is 2.06. The second-order valence-electron chi connectivity index (χ2n) is 10.6. The highest BCUT2D eigenvalue weighted by Gasteiger charge is 2.81. The number of methoxy groups -OCH3 is 2. The van der Waals surface area contributed by atoms with Gasteiger partial charge >= 0.3 is 11.9 Å². The summed E-state index contributed by atoms with van der Waals surface area (Å²) >= 11 is 0. The van der Waals surface area contributed by atoms with Gasteiger partial charge in [-0.3, -0.25) is 15.5 Å². The fraction of sp³-hybridized carbons (Fsp3) is 0.600. The third kappa shape index (κ3) is 3.36. The minimum atomic E-state index is -1.67. The van der Waals surface area contributed by atoms with Crippen LogP contribution in [-0.2, 0) is 39.4 Å². The molecule has 2 fully saturated rings. The van der Waals surface area contributed by atoms with Crippen LogP contribution in [0.1, 0.15) is 59.1 Å². The predicted molar refractivity (Wildman–Crippen MR) is 121 cm³/mol. The maximum Gasteiger partial charge on any atom is 0.323 e. The fourth-order valence-electron chi connectivity index (χ4n) is 5.39. The Labute approximate surface area is 194 Å². The highest BCUT2D eigenvalue weighted by atomic mass is 17.3. The van der Waals surface area contributed by atoms with E-state index in [2.05, 4.69) is 40.5 Å². The molecule has 33 heavy (non-hydrogen) atoms. The van der Waals surface area contributed by atoms with Crippen molar-refractivity contribution in [2.45, 2.75) is 59.4 Å². The number of esters is 2. The summed E-state index contributed by atoms with van der Waals surface area (Å²) in [5.41, 5.74) is -1.67. The quantitative estimate of drug-likeness (QED) is 0.275. The van der Waals surface area contributed by atoms with Crippen molar-refractivity contribution in [1.29, 1.82) is 0 Å². The third-order valence-corrected chi connectivity index (χ3v) is 6.92. The van der Waals surface area contributed by atoms with Gasteiger partial charge in [-0.25, -0.2) is 4.89 Å². The molecular weight excluding hydrogens is 426 g/mol. The second kappa shape index (κ2) is 8.06. The first kappa shape index (κ1) is 25.1. The van der Waals surface area contributed by atoms with Gasteiger partial charge in [0.15, 0.2) is 11.0 Å². The number of rotatable bonds is 6. The van der Waals surface area contributed by atoms with Gasteiger partial charge in [-0.15, -0.1) is 0 Å². The summed E-state index contributed by atoms with van der Waals surface area (Å²) in [5.74, 6) is -0.573. The number of ether oxygens (including phenoxy) is 3. The lowest BCUT2D eigenvalue weighted by molar-refractivity contribution is -0.626. The zero-order valence-electron chi connectivity index (χ0n) is 20.5. The molecule has 180 valence electrons. The van der Waals surface area contributed by atoms with Gasteiger partial charge in [0.05, 0.1) is 20.8 Å². The molecule has 0 bridgehead atoms. The van der Waals surface area contributed by atoms with Gasteiger partial charge in [-0.2, -0.15) is 4.89 Å². The molecule has 2 aliphatic rings. The topological polar surface area (TPSA) is 103 Å². The standard InChI is InChI=1S/C25H32NO7/c1-21(2,3)25-22(4,5)15-31-24(25,32-33-25)18-11-9-10-16(12-18)17(14-26)13-23(6,19(27)29-7)20(28)30-8/h9-12H,13,15H2,1-8H3/q-1. The van der Waals surface area contributed by atoms with E-state index in [9.17, 15) is 15.0 Å². The monoisotopic (exact) mass is 458 g/mol. The highest BCUT2D eigenvalue weighted by molar-refractivity contribution is 6.03. The number of hydrogen-bond acceptors (Lipinski definition) is 7. The lowest BCUT2D eigenvalue weighted by Crippen LogP contribution is -2.73. The Kier molecular flexibility index (Phi) is 6.14. The predicted octanol–water partition coefficient (Wildman–Crippen LogP) is 4.01. The lowest BCUT2D eigenvalue weighted by atomic mass is 9.57. The maximum atomic E-state index is 12.4. The van der Waals surface area contributed by atoms with Crippen LogP contribution < -0.4 is 0 Å². The van der Waals surface area contributed by atoms with Crippen molar-refractivity contribution in [2.75, 3.05) is 20.8 Å². The largest absolute Gasteiger partial charge is 0.763 e. The fourth-order valence-corrected chi connectivity index (χ4v) is 5.39. The average Bonchev–Trinajstić information content (AvgIpc) is 2.91. The van der Waals surface area contributed by atoms with Crippen LogP contribution in [0.4, 0.5) is 0 Å². The Morgan fingerprint density at radius 2 is 1.70 bits per heavy atom. The van der Waals surface area contributed by atoms with E-state index >= 15 is 0 Å². The Morgan fingerprint density at radius 3 is 2.15 bits per heavy atom. The van der Waals surface area contributed by atoms with Gasteiger partial charge in [-0.05, 0) is 24.1 Å². The minimum absolute atomic E-state index is 0.187. The Bertz CT molecular complexity index is 1000. The van der Waals surface area contributed by atoms with E-state index in [0.717, 1.165) is 0 Å². The molecule has 0 aliphatic carbocycles. The van der Waals surface area contributed by atoms with Crippen molar-refractivity contribution < 1.29 is 33.6 Å². The Morgan fingerprint density at radius 1 is 1.09 bits per heavy atom. The van der Waals surface area contributed by atoms with Crippen LogP contribution >= 0.6 is 0 Å². The number of benzene rings is 1. The summed E-state index contributed by atoms with van der Waals surface area (Å²) in [6, 6.07) is 7.18. The number of allylic oxidation sites excluding steroid dienone is 1. The van der Waals surface area contributed by atoms with Crippen molar-refractivity contribution >= 4 is 23.4 Å². The smallest absolute Gasteiger partial charge is 0.323 e. The van der Waals surface area contributed by atoms with Gasteiger partial charge in [0.25, 0.3) is 5.79 Å². The Hall–Kier alpha value is -2.51. The van der Waals surface area contributed by atoms with Gasteiger partial charge in [-0.1, -0.05) is 52.8 Å². The van der Waals surface area contributed by atoms with E-state index in [-0.39, 0.29) is 22.8 Å². The number of nitrogens with zero attached hydrogens (tertiary/aromatic N) is 1. The molecule has 2 heterocycles. The molecule has 8 nitrogen and oxygen atoms in total. The maximum absolute atomic E-state index is 12.4. The zero-order valence-corrected chi connectivity index (χ0v) is 20.5. The van der Waals surface area contributed by atoms with Crippen LogP contribution in [0.2, 0.25) is 0 Å². The second-order valence-corrected chi connectivity index (χ2v) is 10.6. The van der Waals surface area contributed by atoms with Gasteiger partial charge in [0, 0.05) is 22.8 Å². The molecular formula is C25H32NO7-. The van der Waals surface area contributed by atoms with Crippen molar-refractivity contribution in [2.24, 2.45) is 16.2 Å². The van der Waals surface area contributed by atoms with E-state index in [0.29, 0.717) is 17.7 Å². The van der Waals surface area contributed by atoms with E-state index in [1.165, 1.54) is 21.1 Å². The molecule has 0 amide bonds. The normalized spacial score (nSPS) is 25.9. The van der Waals surface area contributed by atoms with Crippen LogP contribution in [0.3, 0.4) is 0 Å². The molecule has 0 radical (unpaired) electrons. The van der Waals surface area contributed by atoms with Crippen molar-refractivity contribution in [3.8, 4) is 0 Å². The van der Waals surface area contributed by atoms with E-state index in [1.54, 1.807) is 18.2 Å². The van der Waals surface area contributed by atoms with Crippen molar-refractivity contribution in [1.82, 2.24) is 0 Å². The summed E-state index contributed by atoms with van der Waals surface area (Å²) in [4.78, 5) is 36.4. The number of fused-ring (bicyclic) bond motifs is 1. The van der Waals surface area contributed by atoms with Crippen LogP contribution in [0.5, 0.6) is 0 Å². The number of carbonyl (C=O) groups is 2. The molecule has 0 saturated carbocycles. The van der Waals surface area contributed by atoms with Crippen LogP contribution in [-0.4, -0.2) is 44.2 Å². The summed E-state index contributed by atoms with van der Waals surface area (Å²) in [6.07, 6.45) is -0.187. The van der Waals surface area contributed by atoms with Crippen LogP contribution in [0, 0.1) is 16.2 Å². The summed E-state index contributed by atoms with van der Waals surface area (Å²) < 4.78 is 15.9.